The summed E-state index contributed by atoms with van der Waals surface area (Å²) in [5, 5.41) is 4.85. The van der Waals surface area contributed by atoms with E-state index in [-0.39, 0.29) is 32.7 Å². The number of alkyl carbamates (subject to hydrolysis) is 1. The van der Waals surface area contributed by atoms with Gasteiger partial charge in [0.25, 0.3) is 0 Å². The monoisotopic (exact) mass is 668 g/mol. The molecular weight excluding hydrogens is 628 g/mol. The summed E-state index contributed by atoms with van der Waals surface area (Å²) in [5.41, 5.74) is 0.763. The van der Waals surface area contributed by atoms with Crippen molar-refractivity contribution in [2.24, 2.45) is 0 Å². The number of ether oxygens (including phenoxy) is 8. The molecule has 1 aromatic rings. The number of esters is 5. The van der Waals surface area contributed by atoms with Crippen molar-refractivity contribution >= 4 is 41.8 Å². The van der Waals surface area contributed by atoms with Crippen LogP contribution in [0.5, 0.6) is 0 Å². The lowest BCUT2D eigenvalue weighted by atomic mass is 9.98. The molecule has 1 heterocycles. The first-order valence-electron chi connectivity index (χ1n) is 14.6. The van der Waals surface area contributed by atoms with Crippen molar-refractivity contribution in [2.45, 2.75) is 83.9 Å². The fourth-order valence-electron chi connectivity index (χ4n) is 4.28. The van der Waals surface area contributed by atoms with Gasteiger partial charge in [0, 0.05) is 47.8 Å². The number of hydrogen-bond acceptors (Lipinski definition) is 15. The Morgan fingerprint density at radius 1 is 0.787 bits per heavy atom. The first kappa shape index (κ1) is 38.4. The van der Waals surface area contributed by atoms with Crippen molar-refractivity contribution in [3.8, 4) is 0 Å². The van der Waals surface area contributed by atoms with Crippen molar-refractivity contribution in [3.05, 3.63) is 35.9 Å². The van der Waals surface area contributed by atoms with E-state index in [0.29, 0.717) is 0 Å². The maximum Gasteiger partial charge on any atom is 0.408 e. The third-order valence-electron chi connectivity index (χ3n) is 6.21. The molecule has 2 rings (SSSR count). The van der Waals surface area contributed by atoms with Gasteiger partial charge in [0.05, 0.1) is 6.61 Å². The highest BCUT2D eigenvalue weighted by atomic mass is 16.7. The molecule has 47 heavy (non-hydrogen) atoms. The van der Waals surface area contributed by atoms with Gasteiger partial charge < -0.3 is 48.5 Å². The van der Waals surface area contributed by atoms with Crippen molar-refractivity contribution in [3.63, 3.8) is 0 Å². The van der Waals surface area contributed by atoms with Gasteiger partial charge in [-0.25, -0.2) is 4.79 Å². The van der Waals surface area contributed by atoms with Crippen LogP contribution in [0.4, 0.5) is 4.79 Å². The fraction of sp³-hybridized carbons (Fsp3) is 0.567. The maximum atomic E-state index is 12.5. The van der Waals surface area contributed by atoms with Crippen LogP contribution in [0.25, 0.3) is 0 Å². The second-order valence-electron chi connectivity index (χ2n) is 10.1. The number of amides is 2. The van der Waals surface area contributed by atoms with Crippen LogP contribution in [0.15, 0.2) is 30.3 Å². The van der Waals surface area contributed by atoms with E-state index >= 15 is 0 Å². The van der Waals surface area contributed by atoms with Gasteiger partial charge >= 0.3 is 35.9 Å². The van der Waals surface area contributed by atoms with Gasteiger partial charge in [-0.1, -0.05) is 30.3 Å². The molecule has 0 bridgehead atoms. The molecule has 2 N–H and O–H groups in total. The number of likely N-dealkylation sites (N-methyl/N-ethyl adjacent to an activating group) is 1. The highest BCUT2D eigenvalue weighted by Gasteiger charge is 2.53. The lowest BCUT2D eigenvalue weighted by Crippen LogP contribution is -2.63. The number of hydrogen-bond donors (Lipinski definition) is 2. The van der Waals surface area contributed by atoms with Gasteiger partial charge in [0.15, 0.2) is 12.2 Å². The highest BCUT2D eigenvalue weighted by molar-refractivity contribution is 5.85. The molecule has 0 unspecified atom stereocenters. The zero-order chi connectivity index (χ0) is 34.9. The normalized spacial score (nSPS) is 20.8. The Morgan fingerprint density at radius 3 is 1.98 bits per heavy atom. The molecule has 0 saturated carbocycles. The molecule has 1 saturated heterocycles. The molecule has 17 nitrogen and oxygen atoms in total. The third kappa shape index (κ3) is 14.0. The van der Waals surface area contributed by atoms with Crippen LogP contribution in [0.1, 0.15) is 46.1 Å². The van der Waals surface area contributed by atoms with Crippen LogP contribution in [-0.4, -0.2) is 105 Å². The maximum absolute atomic E-state index is 12.5. The zero-order valence-corrected chi connectivity index (χ0v) is 26.7. The van der Waals surface area contributed by atoms with E-state index in [1.165, 1.54) is 7.05 Å². The van der Waals surface area contributed by atoms with Gasteiger partial charge in [-0.2, -0.15) is 0 Å². The lowest BCUT2D eigenvalue weighted by Gasteiger charge is -2.43. The Balaban J connectivity index is 1.92. The topological polar surface area (TPSA) is 217 Å². The molecule has 1 fully saturated rings. The molecule has 0 radical (unpaired) electrons. The summed E-state index contributed by atoms with van der Waals surface area (Å²) in [6, 6.07) is 7.89. The van der Waals surface area contributed by atoms with Crippen molar-refractivity contribution < 1.29 is 71.5 Å². The van der Waals surface area contributed by atoms with Gasteiger partial charge in [-0.15, -0.1) is 0 Å². The Kier molecular flexibility index (Phi) is 16.1. The molecule has 2 amide bonds. The van der Waals surface area contributed by atoms with Crippen LogP contribution < -0.4 is 10.6 Å². The van der Waals surface area contributed by atoms with E-state index in [0.717, 1.165) is 33.3 Å². The van der Waals surface area contributed by atoms with Gasteiger partial charge in [0.2, 0.25) is 18.3 Å². The minimum Gasteiger partial charge on any atom is -0.463 e. The average molecular weight is 669 g/mol. The van der Waals surface area contributed by atoms with Crippen LogP contribution in [0.2, 0.25) is 0 Å². The van der Waals surface area contributed by atoms with Crippen LogP contribution in [-0.2, 0) is 73.3 Å². The summed E-state index contributed by atoms with van der Waals surface area (Å²) in [5.74, 6) is -4.55. The second-order valence-corrected chi connectivity index (χ2v) is 10.1. The Bertz CT molecular complexity index is 1240. The van der Waals surface area contributed by atoms with Crippen LogP contribution >= 0.6 is 0 Å². The van der Waals surface area contributed by atoms with E-state index in [4.69, 9.17) is 37.9 Å². The van der Waals surface area contributed by atoms with E-state index in [1.807, 2.05) is 6.07 Å². The average Bonchev–Trinajstić information content (AvgIpc) is 3.00. The molecule has 1 aromatic carbocycles. The van der Waals surface area contributed by atoms with Crippen molar-refractivity contribution in [1.82, 2.24) is 10.6 Å². The van der Waals surface area contributed by atoms with E-state index in [1.54, 1.807) is 24.3 Å². The molecule has 0 aromatic heterocycles. The van der Waals surface area contributed by atoms with Gasteiger partial charge in [-0.3, -0.25) is 28.8 Å². The summed E-state index contributed by atoms with van der Waals surface area (Å²) < 4.78 is 42.4. The zero-order valence-electron chi connectivity index (χ0n) is 26.7. The lowest BCUT2D eigenvalue weighted by molar-refractivity contribution is -0.300. The Morgan fingerprint density at radius 2 is 1.38 bits per heavy atom. The molecule has 1 aliphatic rings. The van der Waals surface area contributed by atoms with Crippen molar-refractivity contribution in [1.29, 1.82) is 0 Å². The summed E-state index contributed by atoms with van der Waals surface area (Å²) in [6.45, 7) is 3.52. The molecule has 0 aliphatic carbocycles. The van der Waals surface area contributed by atoms with Crippen LogP contribution in [0, 0.1) is 0 Å². The standard InChI is InChI=1S/C30H40N2O15/c1-17(33)43-25-23(47-29(46-20(4)36)27(45-19(3)35)26(25)44-18(2)34)16-41-24(37)12-9-13-40-15-22(28(38)31-5)32-30(39)42-14-21-10-7-6-8-11-21/h6-8,10-11,22-23,25-27,29H,9,12-16H2,1-5H3,(H,31,38)(H,32,39)/t22-,23+,25+,26-,27+,29+/m0/s1. The number of carbonyl (C=O) groups excluding carboxylic acids is 7. The predicted octanol–water partition coefficient (Wildman–Crippen LogP) is 0.451. The smallest absolute Gasteiger partial charge is 0.408 e. The number of nitrogens with one attached hydrogen (secondary N) is 2. The first-order chi connectivity index (χ1) is 22.3. The largest absolute Gasteiger partial charge is 0.463 e. The summed E-state index contributed by atoms with van der Waals surface area (Å²) in [6.07, 6.45) is -8.13. The summed E-state index contributed by atoms with van der Waals surface area (Å²) >= 11 is 0. The second kappa shape index (κ2) is 19.7. The number of carbonyl (C=O) groups is 7. The highest BCUT2D eigenvalue weighted by Crippen LogP contribution is 2.30. The number of benzene rings is 1. The number of rotatable bonds is 16. The Hall–Kier alpha value is -4.77. The summed E-state index contributed by atoms with van der Waals surface area (Å²) in [4.78, 5) is 84.2. The Labute approximate surface area is 270 Å². The van der Waals surface area contributed by atoms with E-state index in [2.05, 4.69) is 10.6 Å². The van der Waals surface area contributed by atoms with Gasteiger partial charge in [-0.05, 0) is 12.0 Å². The molecule has 1 aliphatic heterocycles. The molecule has 260 valence electrons. The molecule has 6 atom stereocenters. The minimum absolute atomic E-state index is 0.00518. The SMILES string of the molecule is CNC(=O)[C@H](COCCCC(=O)OC[C@H]1O[C@@H](OC(C)=O)[C@H](OC(C)=O)[C@@H](OC(C)=O)[C@@H]1OC(C)=O)NC(=O)OCc1ccccc1. The summed E-state index contributed by atoms with van der Waals surface area (Å²) in [7, 11) is 1.39. The van der Waals surface area contributed by atoms with Gasteiger partial charge in [0.1, 0.15) is 25.4 Å². The molecule has 17 heteroatoms. The quantitative estimate of drug-likeness (QED) is 0.139. The first-order valence-corrected chi connectivity index (χ1v) is 14.6. The van der Waals surface area contributed by atoms with E-state index < -0.39 is 85.2 Å². The molecule has 0 spiro atoms. The minimum atomic E-state index is -1.60. The fourth-order valence-corrected chi connectivity index (χ4v) is 4.28. The molecular formula is C30H40N2O15. The van der Waals surface area contributed by atoms with Crippen LogP contribution in [0.3, 0.4) is 0 Å². The van der Waals surface area contributed by atoms with Crippen molar-refractivity contribution in [2.75, 3.05) is 26.9 Å². The third-order valence-corrected chi connectivity index (χ3v) is 6.21. The predicted molar refractivity (Wildman–Crippen MR) is 156 cm³/mol. The van der Waals surface area contributed by atoms with E-state index in [9.17, 15) is 33.6 Å².